The first-order valence-electron chi connectivity index (χ1n) is 10.7. The molecule has 1 aliphatic rings. The summed E-state index contributed by atoms with van der Waals surface area (Å²) in [6, 6.07) is 9.30. The highest BCUT2D eigenvalue weighted by molar-refractivity contribution is 7.10. The zero-order valence-corrected chi connectivity index (χ0v) is 20.2. The number of benzene rings is 1. The minimum absolute atomic E-state index is 0.00365. The van der Waals surface area contributed by atoms with Crippen molar-refractivity contribution in [1.29, 1.82) is 0 Å². The van der Waals surface area contributed by atoms with Crippen LogP contribution in [0.3, 0.4) is 0 Å². The third-order valence-corrected chi connectivity index (χ3v) is 6.55. The standard InChI is InChI=1S/C24H32N2O5S/c1-24(2,3)26(23(28)16-29-4)14-22(27)25-12-10-21-17(11-13-32-21)18(25)15-31-20-9-7-6-8-19(20)30-5/h6-9,11,13,18H,10,12,14-16H2,1-5H3. The number of thiophene rings is 1. The lowest BCUT2D eigenvalue weighted by Gasteiger charge is -2.40. The second-order valence-electron chi connectivity index (χ2n) is 8.70. The zero-order valence-electron chi connectivity index (χ0n) is 19.4. The van der Waals surface area contributed by atoms with Gasteiger partial charge in [0.15, 0.2) is 11.5 Å². The van der Waals surface area contributed by atoms with Crippen LogP contribution in [-0.4, -0.2) is 67.7 Å². The van der Waals surface area contributed by atoms with Crippen molar-refractivity contribution in [2.24, 2.45) is 0 Å². The number of carbonyl (C=O) groups excluding carboxylic acids is 2. The second-order valence-corrected chi connectivity index (χ2v) is 9.70. The van der Waals surface area contributed by atoms with Crippen molar-refractivity contribution in [2.75, 3.05) is 40.5 Å². The van der Waals surface area contributed by atoms with E-state index in [1.165, 1.54) is 12.0 Å². The Morgan fingerprint density at radius 2 is 1.88 bits per heavy atom. The number of amides is 2. The van der Waals surface area contributed by atoms with Crippen LogP contribution in [0.4, 0.5) is 0 Å². The molecule has 32 heavy (non-hydrogen) atoms. The van der Waals surface area contributed by atoms with Gasteiger partial charge in [0, 0.05) is 24.1 Å². The van der Waals surface area contributed by atoms with Crippen molar-refractivity contribution >= 4 is 23.2 Å². The molecule has 1 unspecified atom stereocenters. The molecule has 1 aliphatic heterocycles. The number of hydrogen-bond donors (Lipinski definition) is 0. The topological polar surface area (TPSA) is 68.3 Å². The molecule has 0 fully saturated rings. The maximum atomic E-state index is 13.5. The molecule has 174 valence electrons. The summed E-state index contributed by atoms with van der Waals surface area (Å²) in [6.07, 6.45) is 0.797. The lowest BCUT2D eigenvalue weighted by atomic mass is 10.00. The van der Waals surface area contributed by atoms with Crippen LogP contribution in [0.1, 0.15) is 37.3 Å². The van der Waals surface area contributed by atoms with Gasteiger partial charge in [-0.1, -0.05) is 12.1 Å². The van der Waals surface area contributed by atoms with Crippen LogP contribution < -0.4 is 9.47 Å². The van der Waals surface area contributed by atoms with Crippen LogP contribution in [-0.2, 0) is 20.7 Å². The van der Waals surface area contributed by atoms with Gasteiger partial charge < -0.3 is 24.0 Å². The maximum absolute atomic E-state index is 13.5. The van der Waals surface area contributed by atoms with Crippen LogP contribution >= 0.6 is 11.3 Å². The largest absolute Gasteiger partial charge is 0.493 e. The van der Waals surface area contributed by atoms with Gasteiger partial charge in [0.2, 0.25) is 11.8 Å². The molecule has 0 saturated carbocycles. The van der Waals surface area contributed by atoms with Gasteiger partial charge in [0.05, 0.1) is 13.2 Å². The van der Waals surface area contributed by atoms with Gasteiger partial charge in [-0.05, 0) is 56.3 Å². The zero-order chi connectivity index (χ0) is 23.3. The van der Waals surface area contributed by atoms with E-state index in [9.17, 15) is 9.59 Å². The number of rotatable bonds is 8. The SMILES string of the molecule is COCC(=O)N(CC(=O)N1CCc2sccc2C1COc1ccccc1OC)C(C)(C)C. The van der Waals surface area contributed by atoms with Gasteiger partial charge in [-0.2, -0.15) is 0 Å². The Hall–Kier alpha value is -2.58. The van der Waals surface area contributed by atoms with Crippen LogP contribution in [0.15, 0.2) is 35.7 Å². The molecule has 2 heterocycles. The van der Waals surface area contributed by atoms with Gasteiger partial charge >= 0.3 is 0 Å². The van der Waals surface area contributed by atoms with E-state index in [0.29, 0.717) is 24.7 Å². The highest BCUT2D eigenvalue weighted by Crippen LogP contribution is 2.35. The molecule has 1 atom stereocenters. The Morgan fingerprint density at radius 3 is 2.53 bits per heavy atom. The molecule has 0 aliphatic carbocycles. The van der Waals surface area contributed by atoms with Gasteiger partial charge in [-0.15, -0.1) is 11.3 Å². The summed E-state index contributed by atoms with van der Waals surface area (Å²) in [5.41, 5.74) is 0.605. The molecule has 1 aromatic carbocycles. The average Bonchev–Trinajstić information content (AvgIpc) is 3.24. The quantitative estimate of drug-likeness (QED) is 0.603. The van der Waals surface area contributed by atoms with Gasteiger partial charge in [-0.25, -0.2) is 0 Å². The number of hydrogen-bond acceptors (Lipinski definition) is 6. The highest BCUT2D eigenvalue weighted by atomic mass is 32.1. The van der Waals surface area contributed by atoms with Crippen LogP contribution in [0, 0.1) is 0 Å². The molecule has 3 rings (SSSR count). The molecule has 0 saturated heterocycles. The van der Waals surface area contributed by atoms with E-state index in [-0.39, 0.29) is 31.0 Å². The summed E-state index contributed by atoms with van der Waals surface area (Å²) in [5.74, 6) is 0.977. The third kappa shape index (κ3) is 5.42. The minimum atomic E-state index is -0.502. The number of para-hydroxylation sites is 2. The molecular weight excluding hydrogens is 428 g/mol. The molecule has 1 aromatic heterocycles. The fourth-order valence-corrected chi connectivity index (χ4v) is 4.84. The van der Waals surface area contributed by atoms with Crippen LogP contribution in [0.5, 0.6) is 11.5 Å². The van der Waals surface area contributed by atoms with E-state index < -0.39 is 5.54 Å². The predicted molar refractivity (Wildman–Crippen MR) is 124 cm³/mol. The molecule has 2 amide bonds. The molecule has 0 radical (unpaired) electrons. The monoisotopic (exact) mass is 460 g/mol. The number of nitrogens with zero attached hydrogens (tertiary/aromatic N) is 2. The van der Waals surface area contributed by atoms with Crippen LogP contribution in [0.2, 0.25) is 0 Å². The summed E-state index contributed by atoms with van der Waals surface area (Å²) in [6.45, 7) is 6.59. The number of ether oxygens (including phenoxy) is 3. The highest BCUT2D eigenvalue weighted by Gasteiger charge is 2.36. The molecule has 0 bridgehead atoms. The Morgan fingerprint density at radius 1 is 1.16 bits per heavy atom. The second kappa shape index (κ2) is 10.4. The first kappa shape index (κ1) is 24.1. The Balaban J connectivity index is 1.81. The minimum Gasteiger partial charge on any atom is -0.493 e. The van der Waals surface area contributed by atoms with Crippen molar-refractivity contribution in [3.05, 3.63) is 46.2 Å². The van der Waals surface area contributed by atoms with E-state index >= 15 is 0 Å². The fourth-order valence-electron chi connectivity index (χ4n) is 3.91. The summed E-state index contributed by atoms with van der Waals surface area (Å²) in [7, 11) is 3.09. The van der Waals surface area contributed by atoms with E-state index in [2.05, 4.69) is 11.4 Å². The fraction of sp³-hybridized carbons (Fsp3) is 0.500. The van der Waals surface area contributed by atoms with Crippen molar-refractivity contribution in [2.45, 2.75) is 38.8 Å². The smallest absolute Gasteiger partial charge is 0.249 e. The Bertz CT molecular complexity index is 936. The van der Waals surface area contributed by atoms with Crippen molar-refractivity contribution in [1.82, 2.24) is 9.80 Å². The first-order chi connectivity index (χ1) is 15.3. The molecule has 7 nitrogen and oxygen atoms in total. The van der Waals surface area contributed by atoms with E-state index in [0.717, 1.165) is 12.0 Å². The molecular formula is C24H32N2O5S. The van der Waals surface area contributed by atoms with Crippen molar-refractivity contribution < 1.29 is 23.8 Å². The third-order valence-electron chi connectivity index (χ3n) is 5.55. The first-order valence-corrected chi connectivity index (χ1v) is 11.5. The lowest BCUT2D eigenvalue weighted by molar-refractivity contribution is -0.148. The molecule has 8 heteroatoms. The van der Waals surface area contributed by atoms with E-state index in [1.807, 2.05) is 49.9 Å². The summed E-state index contributed by atoms with van der Waals surface area (Å²) >= 11 is 1.70. The molecule has 0 N–H and O–H groups in total. The molecule has 0 spiro atoms. The van der Waals surface area contributed by atoms with E-state index in [1.54, 1.807) is 23.3 Å². The Kier molecular flexibility index (Phi) is 7.79. The maximum Gasteiger partial charge on any atom is 0.249 e. The lowest BCUT2D eigenvalue weighted by Crippen LogP contribution is -2.53. The van der Waals surface area contributed by atoms with Crippen LogP contribution in [0.25, 0.3) is 0 Å². The van der Waals surface area contributed by atoms with Gasteiger partial charge in [0.25, 0.3) is 0 Å². The van der Waals surface area contributed by atoms with E-state index in [4.69, 9.17) is 14.2 Å². The predicted octanol–water partition coefficient (Wildman–Crippen LogP) is 3.54. The summed E-state index contributed by atoms with van der Waals surface area (Å²) < 4.78 is 16.5. The molecule has 2 aromatic rings. The van der Waals surface area contributed by atoms with Crippen molar-refractivity contribution in [3.63, 3.8) is 0 Å². The van der Waals surface area contributed by atoms with Gasteiger partial charge in [-0.3, -0.25) is 9.59 Å². The average molecular weight is 461 g/mol. The van der Waals surface area contributed by atoms with Gasteiger partial charge in [0.1, 0.15) is 19.8 Å². The van der Waals surface area contributed by atoms with Crippen molar-refractivity contribution in [3.8, 4) is 11.5 Å². The summed E-state index contributed by atoms with van der Waals surface area (Å²) in [4.78, 5) is 30.8. The number of methoxy groups -OCH3 is 2. The Labute approximate surface area is 193 Å². The number of fused-ring (bicyclic) bond motifs is 1. The summed E-state index contributed by atoms with van der Waals surface area (Å²) in [5, 5.41) is 2.05. The number of carbonyl (C=O) groups is 2. The normalized spacial score (nSPS) is 15.8.